The Bertz CT molecular complexity index is 626. The quantitative estimate of drug-likeness (QED) is 0.939. The summed E-state index contributed by atoms with van der Waals surface area (Å²) >= 11 is 0. The maximum atomic E-state index is 5.46. The van der Waals surface area contributed by atoms with Crippen LogP contribution >= 0.6 is 0 Å². The highest BCUT2D eigenvalue weighted by atomic mass is 16.5. The van der Waals surface area contributed by atoms with Gasteiger partial charge >= 0.3 is 0 Å². The average Bonchev–Trinajstić information content (AvgIpc) is 3.10. The Hall–Kier alpha value is -1.62. The minimum Gasteiger partial charge on any atom is -0.359 e. The largest absolute Gasteiger partial charge is 0.359 e. The molecule has 0 aliphatic heterocycles. The fourth-order valence-electron chi connectivity index (χ4n) is 3.20. The Labute approximate surface area is 125 Å². The van der Waals surface area contributed by atoms with E-state index in [1.807, 2.05) is 30.9 Å². The molecule has 0 spiro atoms. The Balaban J connectivity index is 1.67. The van der Waals surface area contributed by atoms with Crippen molar-refractivity contribution in [1.29, 1.82) is 0 Å². The first-order valence-corrected chi connectivity index (χ1v) is 7.65. The highest BCUT2D eigenvalue weighted by molar-refractivity contribution is 5.60. The summed E-state index contributed by atoms with van der Waals surface area (Å²) in [6, 6.07) is 2.57. The molecule has 0 bridgehead atoms. The number of rotatable bonds is 4. The van der Waals surface area contributed by atoms with Gasteiger partial charge in [-0.2, -0.15) is 5.10 Å². The van der Waals surface area contributed by atoms with Gasteiger partial charge in [0.25, 0.3) is 0 Å². The topological polar surface area (TPSA) is 55.9 Å². The van der Waals surface area contributed by atoms with Gasteiger partial charge in [-0.25, -0.2) is 0 Å². The van der Waals surface area contributed by atoms with Gasteiger partial charge in [0.1, 0.15) is 5.69 Å². The molecule has 5 nitrogen and oxygen atoms in total. The van der Waals surface area contributed by atoms with Crippen molar-refractivity contribution in [3.05, 3.63) is 23.7 Å². The van der Waals surface area contributed by atoms with E-state index in [0.29, 0.717) is 11.5 Å². The molecule has 1 atom stereocenters. The number of aromatic nitrogens is 3. The maximum absolute atomic E-state index is 5.46. The van der Waals surface area contributed by atoms with Gasteiger partial charge in [0.15, 0.2) is 5.76 Å². The molecular formula is C16H24N4O. The zero-order valence-corrected chi connectivity index (χ0v) is 13.3. The second-order valence-electron chi connectivity index (χ2n) is 6.76. The summed E-state index contributed by atoms with van der Waals surface area (Å²) in [5.41, 5.74) is 3.37. The van der Waals surface area contributed by atoms with Crippen LogP contribution in [0.5, 0.6) is 0 Å². The standard InChI is InChI=1S/C16H24N4O/c1-11-13(10-18-20(11)4)14-8-12(21-19-14)9-17-15-6-5-7-16(15,2)3/h8,10,15,17H,5-7,9H2,1-4H3/t15-/m1/s1. The second kappa shape index (κ2) is 5.30. The van der Waals surface area contributed by atoms with Crippen LogP contribution < -0.4 is 5.32 Å². The van der Waals surface area contributed by atoms with E-state index in [1.165, 1.54) is 19.3 Å². The Morgan fingerprint density at radius 2 is 2.29 bits per heavy atom. The fourth-order valence-corrected chi connectivity index (χ4v) is 3.20. The van der Waals surface area contributed by atoms with E-state index < -0.39 is 0 Å². The molecule has 0 saturated heterocycles. The summed E-state index contributed by atoms with van der Waals surface area (Å²) in [5, 5.41) is 12.0. The third kappa shape index (κ3) is 2.75. The molecule has 0 unspecified atom stereocenters. The molecule has 1 aliphatic carbocycles. The zero-order chi connectivity index (χ0) is 15.0. The van der Waals surface area contributed by atoms with Crippen LogP contribution in [0, 0.1) is 12.3 Å². The van der Waals surface area contributed by atoms with Crippen molar-refractivity contribution in [2.45, 2.75) is 52.6 Å². The van der Waals surface area contributed by atoms with Crippen molar-refractivity contribution in [2.24, 2.45) is 12.5 Å². The van der Waals surface area contributed by atoms with Gasteiger partial charge in [0, 0.05) is 30.4 Å². The lowest BCUT2D eigenvalue weighted by molar-refractivity contribution is 0.270. The summed E-state index contributed by atoms with van der Waals surface area (Å²) in [4.78, 5) is 0. The van der Waals surface area contributed by atoms with E-state index >= 15 is 0 Å². The van der Waals surface area contributed by atoms with Crippen LogP contribution in [0.3, 0.4) is 0 Å². The summed E-state index contributed by atoms with van der Waals surface area (Å²) < 4.78 is 7.31. The average molecular weight is 288 g/mol. The number of nitrogens with one attached hydrogen (secondary N) is 1. The van der Waals surface area contributed by atoms with Gasteiger partial charge in [0.2, 0.25) is 0 Å². The lowest BCUT2D eigenvalue weighted by atomic mass is 9.87. The lowest BCUT2D eigenvalue weighted by Crippen LogP contribution is -2.37. The van der Waals surface area contributed by atoms with Crippen LogP contribution in [0.25, 0.3) is 11.3 Å². The van der Waals surface area contributed by atoms with Crippen molar-refractivity contribution in [3.8, 4) is 11.3 Å². The summed E-state index contributed by atoms with van der Waals surface area (Å²) in [7, 11) is 1.93. The molecular weight excluding hydrogens is 264 g/mol. The zero-order valence-electron chi connectivity index (χ0n) is 13.3. The first-order chi connectivity index (χ1) is 9.97. The van der Waals surface area contributed by atoms with E-state index in [4.69, 9.17) is 4.52 Å². The van der Waals surface area contributed by atoms with Crippen LogP contribution in [-0.2, 0) is 13.6 Å². The molecule has 1 saturated carbocycles. The van der Waals surface area contributed by atoms with E-state index in [9.17, 15) is 0 Å². The van der Waals surface area contributed by atoms with E-state index in [2.05, 4.69) is 29.4 Å². The molecule has 114 valence electrons. The van der Waals surface area contributed by atoms with Crippen LogP contribution in [0.2, 0.25) is 0 Å². The Kier molecular flexibility index (Phi) is 3.61. The molecule has 1 aliphatic rings. The molecule has 3 rings (SSSR count). The predicted molar refractivity (Wildman–Crippen MR) is 81.7 cm³/mol. The second-order valence-corrected chi connectivity index (χ2v) is 6.76. The Morgan fingerprint density at radius 1 is 1.48 bits per heavy atom. The molecule has 1 fully saturated rings. The van der Waals surface area contributed by atoms with Crippen molar-refractivity contribution >= 4 is 0 Å². The predicted octanol–water partition coefficient (Wildman–Crippen LogP) is 3.05. The molecule has 0 aromatic carbocycles. The van der Waals surface area contributed by atoms with Crippen molar-refractivity contribution in [2.75, 3.05) is 0 Å². The third-order valence-electron chi connectivity index (χ3n) is 4.85. The molecule has 2 aromatic heterocycles. The van der Waals surface area contributed by atoms with Crippen LogP contribution in [0.1, 0.15) is 44.6 Å². The first kappa shape index (κ1) is 14.3. The number of nitrogens with zero attached hydrogens (tertiary/aromatic N) is 3. The van der Waals surface area contributed by atoms with Gasteiger partial charge in [-0.3, -0.25) is 4.68 Å². The van der Waals surface area contributed by atoms with E-state index in [-0.39, 0.29) is 0 Å². The Morgan fingerprint density at radius 3 is 2.90 bits per heavy atom. The molecule has 1 N–H and O–H groups in total. The van der Waals surface area contributed by atoms with Gasteiger partial charge in [-0.05, 0) is 25.2 Å². The monoisotopic (exact) mass is 288 g/mol. The van der Waals surface area contributed by atoms with Crippen molar-refractivity contribution in [1.82, 2.24) is 20.3 Å². The molecule has 21 heavy (non-hydrogen) atoms. The van der Waals surface area contributed by atoms with Gasteiger partial charge in [-0.15, -0.1) is 0 Å². The van der Waals surface area contributed by atoms with Gasteiger partial charge < -0.3 is 9.84 Å². The van der Waals surface area contributed by atoms with Gasteiger partial charge in [0.05, 0.1) is 12.7 Å². The van der Waals surface area contributed by atoms with Crippen LogP contribution in [0.4, 0.5) is 0 Å². The summed E-state index contributed by atoms with van der Waals surface area (Å²) in [5.74, 6) is 0.885. The number of hydrogen-bond donors (Lipinski definition) is 1. The number of aryl methyl sites for hydroxylation is 1. The molecule has 5 heteroatoms. The third-order valence-corrected chi connectivity index (χ3v) is 4.85. The maximum Gasteiger partial charge on any atom is 0.151 e. The lowest BCUT2D eigenvalue weighted by Gasteiger charge is -2.27. The highest BCUT2D eigenvalue weighted by Crippen LogP contribution is 2.37. The summed E-state index contributed by atoms with van der Waals surface area (Å²) in [6.45, 7) is 7.45. The van der Waals surface area contributed by atoms with Crippen molar-refractivity contribution < 1.29 is 4.52 Å². The SMILES string of the molecule is Cc1c(-c2cc(CN[C@@H]3CCCC3(C)C)on2)cnn1C. The first-order valence-electron chi connectivity index (χ1n) is 7.65. The highest BCUT2D eigenvalue weighted by Gasteiger charge is 2.34. The minimum atomic E-state index is 0.378. The number of hydrogen-bond acceptors (Lipinski definition) is 4. The summed E-state index contributed by atoms with van der Waals surface area (Å²) in [6.07, 6.45) is 5.68. The molecule has 0 radical (unpaired) electrons. The van der Waals surface area contributed by atoms with Crippen molar-refractivity contribution in [3.63, 3.8) is 0 Å². The fraction of sp³-hybridized carbons (Fsp3) is 0.625. The van der Waals surface area contributed by atoms with E-state index in [0.717, 1.165) is 29.3 Å². The smallest absolute Gasteiger partial charge is 0.151 e. The molecule has 0 amide bonds. The normalized spacial score (nSPS) is 21.0. The van der Waals surface area contributed by atoms with Crippen LogP contribution in [0.15, 0.2) is 16.8 Å². The molecule has 2 aromatic rings. The van der Waals surface area contributed by atoms with Crippen LogP contribution in [-0.4, -0.2) is 21.0 Å². The molecule has 2 heterocycles. The van der Waals surface area contributed by atoms with E-state index in [1.54, 1.807) is 0 Å². The minimum absolute atomic E-state index is 0.378. The van der Waals surface area contributed by atoms with Gasteiger partial charge in [-0.1, -0.05) is 25.4 Å².